The first-order chi connectivity index (χ1) is 13.3. The summed E-state index contributed by atoms with van der Waals surface area (Å²) in [5, 5.41) is 4.12. The number of oxime groups is 1. The molecule has 0 bridgehead atoms. The zero-order chi connectivity index (χ0) is 20.4. The van der Waals surface area contributed by atoms with Gasteiger partial charge >= 0.3 is 0 Å². The van der Waals surface area contributed by atoms with Crippen LogP contribution in [-0.2, 0) is 9.57 Å². The molecule has 0 radical (unpaired) electrons. The molecule has 0 fully saturated rings. The lowest BCUT2D eigenvalue weighted by molar-refractivity contribution is 0.00199. The molecular formula is C24H31NO3. The van der Waals surface area contributed by atoms with Crippen molar-refractivity contribution in [3.05, 3.63) is 66.2 Å². The number of hydrogen-bond acceptors (Lipinski definition) is 4. The minimum atomic E-state index is -0.306. The lowest BCUT2D eigenvalue weighted by atomic mass is 10.0. The van der Waals surface area contributed by atoms with Gasteiger partial charge in [0.25, 0.3) is 0 Å². The molecule has 0 atom stereocenters. The van der Waals surface area contributed by atoms with Crippen molar-refractivity contribution in [1.82, 2.24) is 0 Å². The van der Waals surface area contributed by atoms with Crippen molar-refractivity contribution in [2.24, 2.45) is 5.16 Å². The van der Waals surface area contributed by atoms with Crippen molar-refractivity contribution in [2.75, 3.05) is 13.2 Å². The van der Waals surface area contributed by atoms with Gasteiger partial charge in [-0.2, -0.15) is 0 Å². The third-order valence-corrected chi connectivity index (χ3v) is 3.68. The molecule has 0 aromatic heterocycles. The average Bonchev–Trinajstić information content (AvgIpc) is 2.64. The maximum Gasteiger partial charge on any atom is 0.129 e. The standard InChI is InChI=1S/C24H31NO3/c1-19(2)26-16-8-9-17-27-22-14-12-20(13-15-22)23-11-7-6-10-21(23)18-25-28-24(3,4)5/h6-15,18-19H,16-17H2,1-5H3/b9-8-,25-18-. The quantitative estimate of drug-likeness (QED) is 0.310. The van der Waals surface area contributed by atoms with Crippen molar-refractivity contribution < 1.29 is 14.3 Å². The lowest BCUT2D eigenvalue weighted by Crippen LogP contribution is -2.15. The van der Waals surface area contributed by atoms with Gasteiger partial charge in [-0.1, -0.05) is 47.6 Å². The van der Waals surface area contributed by atoms with E-state index in [4.69, 9.17) is 14.3 Å². The highest BCUT2D eigenvalue weighted by Gasteiger charge is 2.10. The van der Waals surface area contributed by atoms with Gasteiger partial charge in [-0.25, -0.2) is 0 Å². The first kappa shape index (κ1) is 21.7. The average molecular weight is 382 g/mol. The van der Waals surface area contributed by atoms with Crippen LogP contribution in [0.5, 0.6) is 5.75 Å². The van der Waals surface area contributed by atoms with Gasteiger partial charge in [0, 0.05) is 5.56 Å². The molecule has 28 heavy (non-hydrogen) atoms. The van der Waals surface area contributed by atoms with E-state index in [0.29, 0.717) is 13.2 Å². The molecule has 0 aliphatic carbocycles. The van der Waals surface area contributed by atoms with Crippen LogP contribution < -0.4 is 4.74 Å². The molecule has 4 heteroatoms. The van der Waals surface area contributed by atoms with Gasteiger partial charge in [0.15, 0.2) is 0 Å². The summed E-state index contributed by atoms with van der Waals surface area (Å²) >= 11 is 0. The third kappa shape index (κ3) is 7.97. The SMILES string of the molecule is CC(C)OC/C=C\COc1ccc(-c2ccccc2/C=N\OC(C)(C)C)cc1. The summed E-state index contributed by atoms with van der Waals surface area (Å²) in [6, 6.07) is 16.2. The van der Waals surface area contributed by atoms with Crippen molar-refractivity contribution in [2.45, 2.75) is 46.3 Å². The Labute approximate surface area is 168 Å². The van der Waals surface area contributed by atoms with Crippen LogP contribution in [0.3, 0.4) is 0 Å². The van der Waals surface area contributed by atoms with Gasteiger partial charge in [0.05, 0.1) is 18.9 Å². The van der Waals surface area contributed by atoms with Gasteiger partial charge < -0.3 is 14.3 Å². The van der Waals surface area contributed by atoms with Gasteiger partial charge in [0.1, 0.15) is 18.0 Å². The van der Waals surface area contributed by atoms with Crippen molar-refractivity contribution in [3.8, 4) is 16.9 Å². The summed E-state index contributed by atoms with van der Waals surface area (Å²) in [5.41, 5.74) is 2.90. The van der Waals surface area contributed by atoms with Gasteiger partial charge in [-0.15, -0.1) is 0 Å². The Kier molecular flexibility index (Phi) is 8.27. The molecule has 2 aromatic carbocycles. The second kappa shape index (κ2) is 10.7. The summed E-state index contributed by atoms with van der Waals surface area (Å²) in [5.74, 6) is 0.834. The summed E-state index contributed by atoms with van der Waals surface area (Å²) in [7, 11) is 0. The smallest absolute Gasteiger partial charge is 0.129 e. The normalized spacial score (nSPS) is 12.2. The van der Waals surface area contributed by atoms with E-state index in [-0.39, 0.29) is 11.7 Å². The fourth-order valence-electron chi connectivity index (χ4n) is 2.37. The fourth-order valence-corrected chi connectivity index (χ4v) is 2.37. The summed E-state index contributed by atoms with van der Waals surface area (Å²) < 4.78 is 11.2. The number of hydrogen-bond donors (Lipinski definition) is 0. The maximum absolute atomic E-state index is 5.75. The van der Waals surface area contributed by atoms with Crippen LogP contribution in [0.15, 0.2) is 65.8 Å². The van der Waals surface area contributed by atoms with E-state index in [0.717, 1.165) is 22.4 Å². The second-order valence-corrected chi connectivity index (χ2v) is 7.71. The summed E-state index contributed by atoms with van der Waals surface area (Å²) in [6.45, 7) is 11.1. The molecule has 4 nitrogen and oxygen atoms in total. The molecule has 0 unspecified atom stereocenters. The van der Waals surface area contributed by atoms with E-state index < -0.39 is 0 Å². The first-order valence-electron chi connectivity index (χ1n) is 9.65. The van der Waals surface area contributed by atoms with E-state index in [9.17, 15) is 0 Å². The van der Waals surface area contributed by atoms with Crippen LogP contribution >= 0.6 is 0 Å². The fraction of sp³-hybridized carbons (Fsp3) is 0.375. The Balaban J connectivity index is 1.98. The van der Waals surface area contributed by atoms with Crippen molar-refractivity contribution in [3.63, 3.8) is 0 Å². The molecule has 0 aliphatic heterocycles. The van der Waals surface area contributed by atoms with E-state index in [1.54, 1.807) is 6.21 Å². The lowest BCUT2D eigenvalue weighted by Gasteiger charge is -2.15. The largest absolute Gasteiger partial charge is 0.490 e. The Morgan fingerprint density at radius 3 is 2.29 bits per heavy atom. The van der Waals surface area contributed by atoms with E-state index in [1.807, 2.05) is 77.1 Å². The van der Waals surface area contributed by atoms with Crippen LogP contribution in [0.1, 0.15) is 40.2 Å². The molecule has 0 saturated heterocycles. The Morgan fingerprint density at radius 1 is 0.929 bits per heavy atom. The third-order valence-electron chi connectivity index (χ3n) is 3.68. The van der Waals surface area contributed by atoms with Gasteiger partial charge in [0.2, 0.25) is 0 Å². The first-order valence-corrected chi connectivity index (χ1v) is 9.65. The van der Waals surface area contributed by atoms with Crippen LogP contribution in [-0.4, -0.2) is 31.1 Å². The van der Waals surface area contributed by atoms with E-state index in [1.165, 1.54) is 0 Å². The summed E-state index contributed by atoms with van der Waals surface area (Å²) in [6.07, 6.45) is 5.95. The molecule has 0 amide bonds. The number of rotatable bonds is 9. The molecule has 2 aromatic rings. The molecule has 0 saturated carbocycles. The van der Waals surface area contributed by atoms with E-state index in [2.05, 4.69) is 23.4 Å². The monoisotopic (exact) mass is 381 g/mol. The minimum absolute atomic E-state index is 0.242. The highest BCUT2D eigenvalue weighted by molar-refractivity contribution is 5.90. The highest BCUT2D eigenvalue weighted by atomic mass is 16.6. The van der Waals surface area contributed by atoms with Gasteiger partial charge in [-0.05, 0) is 64.0 Å². The maximum atomic E-state index is 5.75. The molecular weight excluding hydrogens is 350 g/mol. The Bertz CT molecular complexity index is 771. The zero-order valence-electron chi connectivity index (χ0n) is 17.5. The second-order valence-electron chi connectivity index (χ2n) is 7.71. The Hall–Kier alpha value is -2.59. The molecule has 0 heterocycles. The van der Waals surface area contributed by atoms with Crippen LogP contribution in [0.25, 0.3) is 11.1 Å². The summed E-state index contributed by atoms with van der Waals surface area (Å²) in [4.78, 5) is 5.46. The Morgan fingerprint density at radius 2 is 1.61 bits per heavy atom. The predicted octanol–water partition coefficient (Wildman–Crippen LogP) is 5.86. The predicted molar refractivity (Wildman–Crippen MR) is 116 cm³/mol. The van der Waals surface area contributed by atoms with E-state index >= 15 is 0 Å². The number of ether oxygens (including phenoxy) is 2. The minimum Gasteiger partial charge on any atom is -0.490 e. The zero-order valence-corrected chi connectivity index (χ0v) is 17.5. The molecule has 0 aliphatic rings. The van der Waals surface area contributed by atoms with Crippen molar-refractivity contribution >= 4 is 6.21 Å². The van der Waals surface area contributed by atoms with Crippen LogP contribution in [0.4, 0.5) is 0 Å². The molecule has 2 rings (SSSR count). The molecule has 150 valence electrons. The molecule has 0 spiro atoms. The van der Waals surface area contributed by atoms with Crippen LogP contribution in [0.2, 0.25) is 0 Å². The van der Waals surface area contributed by atoms with Crippen molar-refractivity contribution in [1.29, 1.82) is 0 Å². The highest BCUT2D eigenvalue weighted by Crippen LogP contribution is 2.25. The topological polar surface area (TPSA) is 40.0 Å². The number of benzene rings is 2. The molecule has 0 N–H and O–H groups in total. The van der Waals surface area contributed by atoms with Gasteiger partial charge in [-0.3, -0.25) is 0 Å². The number of nitrogens with zero attached hydrogens (tertiary/aromatic N) is 1. The van der Waals surface area contributed by atoms with Crippen LogP contribution in [0, 0.1) is 0 Å².